The minimum Gasteiger partial charge on any atom is -0.489 e. The van der Waals surface area contributed by atoms with Crippen LogP contribution < -0.4 is 9.64 Å². The van der Waals surface area contributed by atoms with E-state index in [1.165, 1.54) is 6.42 Å². The molecule has 6 heterocycles. The Morgan fingerprint density at radius 3 is 2.68 bits per heavy atom. The van der Waals surface area contributed by atoms with E-state index in [0.717, 1.165) is 36.6 Å². The first kappa shape index (κ1) is 22.2. The Morgan fingerprint density at radius 1 is 1.24 bits per heavy atom. The van der Waals surface area contributed by atoms with Crippen LogP contribution in [0, 0.1) is 23.2 Å². The van der Waals surface area contributed by atoms with Crippen molar-refractivity contribution in [2.24, 2.45) is 0 Å². The molecule has 2 bridgehead atoms. The van der Waals surface area contributed by atoms with E-state index in [-0.39, 0.29) is 6.61 Å². The molecule has 3 aromatic heterocycles. The van der Waals surface area contributed by atoms with Crippen LogP contribution in [0.2, 0.25) is 0 Å². The summed E-state index contributed by atoms with van der Waals surface area (Å²) in [5.74, 6) is 7.70. The highest BCUT2D eigenvalue weighted by Crippen LogP contribution is 2.35. The molecule has 6 rings (SSSR count). The summed E-state index contributed by atoms with van der Waals surface area (Å²) in [4.78, 5) is 9.60. The fraction of sp³-hybridized carbons (Fsp3) is 0.423. The van der Waals surface area contributed by atoms with Gasteiger partial charge in [-0.3, -0.25) is 4.90 Å². The number of hydrogen-bond acceptors (Lipinski definition) is 7. The molecular formula is C26H28N6O2. The number of hydrogen-bond donors (Lipinski definition) is 1. The second kappa shape index (κ2) is 8.64. The van der Waals surface area contributed by atoms with Gasteiger partial charge in [-0.1, -0.05) is 5.92 Å². The normalized spacial score (nSPS) is 19.8. The molecular weight excluding hydrogens is 428 g/mol. The minimum absolute atomic E-state index is 0.139. The molecule has 0 aromatic carbocycles. The van der Waals surface area contributed by atoms with Gasteiger partial charge < -0.3 is 14.7 Å². The molecule has 1 N–H and O–H groups in total. The summed E-state index contributed by atoms with van der Waals surface area (Å²) in [5.41, 5.74) is 1.92. The van der Waals surface area contributed by atoms with Gasteiger partial charge in [0.05, 0.1) is 35.6 Å². The molecule has 0 saturated carbocycles. The number of fused-ring (bicyclic) bond motifs is 3. The zero-order valence-electron chi connectivity index (χ0n) is 19.7. The number of pyridine rings is 2. The third-order valence-electron chi connectivity index (χ3n) is 6.46. The zero-order chi connectivity index (χ0) is 23.9. The van der Waals surface area contributed by atoms with Gasteiger partial charge in [0.2, 0.25) is 0 Å². The smallest absolute Gasteiger partial charge is 0.138 e. The molecule has 3 aromatic rings. The lowest BCUT2D eigenvalue weighted by Crippen LogP contribution is -2.68. The van der Waals surface area contributed by atoms with Gasteiger partial charge in [0.15, 0.2) is 0 Å². The molecule has 0 radical (unpaired) electrons. The van der Waals surface area contributed by atoms with Gasteiger partial charge in [0.25, 0.3) is 0 Å². The maximum Gasteiger partial charge on any atom is 0.138 e. The topological polar surface area (TPSA) is 89.9 Å². The first-order valence-corrected chi connectivity index (χ1v) is 11.5. The predicted octanol–water partition coefficient (Wildman–Crippen LogP) is 2.70. The SMILES string of the molecule is CC#CCN1C2CC1CN(c1ccc(-c3cc(OCC(C)(C)O)cn4ncc(C#N)c34)cn1)C2. The average Bonchev–Trinajstić information content (AvgIpc) is 3.25. The number of ether oxygens (including phenoxy) is 1. The summed E-state index contributed by atoms with van der Waals surface area (Å²) >= 11 is 0. The number of nitrogens with zero attached hydrogens (tertiary/aromatic N) is 6. The first-order valence-electron chi connectivity index (χ1n) is 11.5. The van der Waals surface area contributed by atoms with E-state index in [9.17, 15) is 10.4 Å². The molecule has 0 aliphatic carbocycles. The number of anilines is 1. The summed E-state index contributed by atoms with van der Waals surface area (Å²) in [6.45, 7) is 8.18. The number of aromatic nitrogens is 3. The summed E-state index contributed by atoms with van der Waals surface area (Å²) in [6, 6.07) is 9.25. The van der Waals surface area contributed by atoms with Crippen molar-refractivity contribution in [3.63, 3.8) is 0 Å². The van der Waals surface area contributed by atoms with Gasteiger partial charge in [-0.15, -0.1) is 5.92 Å². The van der Waals surface area contributed by atoms with Crippen LogP contribution in [-0.2, 0) is 0 Å². The van der Waals surface area contributed by atoms with E-state index in [2.05, 4.69) is 32.8 Å². The third kappa shape index (κ3) is 4.19. The summed E-state index contributed by atoms with van der Waals surface area (Å²) in [7, 11) is 0. The van der Waals surface area contributed by atoms with E-state index in [0.29, 0.717) is 28.9 Å². The van der Waals surface area contributed by atoms with Crippen molar-refractivity contribution in [1.29, 1.82) is 5.26 Å². The van der Waals surface area contributed by atoms with Crippen molar-refractivity contribution in [3.8, 4) is 34.8 Å². The number of rotatable bonds is 6. The van der Waals surface area contributed by atoms with Crippen molar-refractivity contribution in [1.82, 2.24) is 19.5 Å². The monoisotopic (exact) mass is 456 g/mol. The number of piperidine rings is 1. The Hall–Kier alpha value is -3.59. The first-order chi connectivity index (χ1) is 16.4. The molecule has 8 nitrogen and oxygen atoms in total. The molecule has 3 aliphatic rings. The Labute approximate surface area is 199 Å². The maximum atomic E-state index is 10.0. The number of aliphatic hydroxyl groups is 1. The largest absolute Gasteiger partial charge is 0.489 e. The second-order valence-corrected chi connectivity index (χ2v) is 9.61. The van der Waals surface area contributed by atoms with Crippen molar-refractivity contribution in [2.75, 3.05) is 31.1 Å². The Bertz CT molecular complexity index is 1290. The van der Waals surface area contributed by atoms with Gasteiger partial charge in [0, 0.05) is 42.5 Å². The highest BCUT2D eigenvalue weighted by atomic mass is 16.5. The summed E-state index contributed by atoms with van der Waals surface area (Å²) < 4.78 is 7.47. The maximum absolute atomic E-state index is 10.0. The fourth-order valence-electron chi connectivity index (χ4n) is 4.77. The zero-order valence-corrected chi connectivity index (χ0v) is 19.7. The van der Waals surface area contributed by atoms with Crippen LogP contribution in [-0.4, -0.2) is 68.5 Å². The van der Waals surface area contributed by atoms with Crippen LogP contribution in [0.4, 0.5) is 5.82 Å². The van der Waals surface area contributed by atoms with Crippen molar-refractivity contribution < 1.29 is 9.84 Å². The molecule has 3 aliphatic heterocycles. The van der Waals surface area contributed by atoms with Gasteiger partial charge >= 0.3 is 0 Å². The Kier molecular flexibility index (Phi) is 5.65. The molecule has 174 valence electrons. The Balaban J connectivity index is 1.41. The lowest BCUT2D eigenvalue weighted by molar-refractivity contribution is 0.0125. The molecule has 2 unspecified atom stereocenters. The second-order valence-electron chi connectivity index (χ2n) is 9.61. The molecule has 0 spiro atoms. The van der Waals surface area contributed by atoms with Crippen molar-refractivity contribution in [2.45, 2.75) is 44.9 Å². The molecule has 8 heteroatoms. The number of nitriles is 1. The van der Waals surface area contributed by atoms with E-state index in [4.69, 9.17) is 9.72 Å². The lowest BCUT2D eigenvalue weighted by atomic mass is 9.87. The highest BCUT2D eigenvalue weighted by Gasteiger charge is 2.44. The minimum atomic E-state index is -0.964. The standard InChI is InChI=1S/C26H28N6O2/c1-4-5-8-31-20-9-21(31)15-30(14-20)24-7-6-18(12-28-24)23-10-22(34-17-26(2,3)33)16-32-25(23)19(11-27)13-29-32/h6-7,10,12-13,16,20-21,33H,8-9,14-15,17H2,1-3H3. The molecule has 3 saturated heterocycles. The summed E-state index contributed by atoms with van der Waals surface area (Å²) in [5, 5.41) is 24.0. The van der Waals surface area contributed by atoms with Gasteiger partial charge in [-0.25, -0.2) is 9.50 Å². The van der Waals surface area contributed by atoms with Crippen molar-refractivity contribution in [3.05, 3.63) is 42.4 Å². The predicted molar refractivity (Wildman–Crippen MR) is 129 cm³/mol. The quantitative estimate of drug-likeness (QED) is 0.571. The third-order valence-corrected chi connectivity index (χ3v) is 6.46. The molecule has 2 atom stereocenters. The average molecular weight is 457 g/mol. The van der Waals surface area contributed by atoms with Crippen LogP contribution in [0.3, 0.4) is 0 Å². The van der Waals surface area contributed by atoms with Crippen LogP contribution in [0.15, 0.2) is 36.8 Å². The highest BCUT2D eigenvalue weighted by molar-refractivity contribution is 5.85. The van der Waals surface area contributed by atoms with Crippen molar-refractivity contribution >= 4 is 11.3 Å². The van der Waals surface area contributed by atoms with Crippen LogP contribution in [0.25, 0.3) is 16.6 Å². The lowest BCUT2D eigenvalue weighted by Gasteiger charge is -2.56. The molecule has 34 heavy (non-hydrogen) atoms. The molecule has 0 amide bonds. The van der Waals surface area contributed by atoms with E-state index < -0.39 is 5.60 Å². The fourth-order valence-corrected chi connectivity index (χ4v) is 4.77. The van der Waals surface area contributed by atoms with Crippen LogP contribution in [0.5, 0.6) is 5.75 Å². The van der Waals surface area contributed by atoms with Crippen LogP contribution >= 0.6 is 0 Å². The number of piperazine rings is 1. The van der Waals surface area contributed by atoms with Gasteiger partial charge in [0.1, 0.15) is 24.2 Å². The van der Waals surface area contributed by atoms with Gasteiger partial charge in [-0.2, -0.15) is 10.4 Å². The summed E-state index contributed by atoms with van der Waals surface area (Å²) in [6.07, 6.45) is 6.35. The van der Waals surface area contributed by atoms with Gasteiger partial charge in [-0.05, 0) is 45.4 Å². The Morgan fingerprint density at radius 2 is 2.03 bits per heavy atom. The molecule has 3 fully saturated rings. The van der Waals surface area contributed by atoms with E-state index in [1.807, 2.05) is 31.3 Å². The van der Waals surface area contributed by atoms with Crippen LogP contribution in [0.1, 0.15) is 32.8 Å². The van der Waals surface area contributed by atoms with E-state index >= 15 is 0 Å². The van der Waals surface area contributed by atoms with E-state index in [1.54, 1.807) is 30.8 Å².